The van der Waals surface area contributed by atoms with E-state index in [2.05, 4.69) is 11.4 Å². The van der Waals surface area contributed by atoms with Gasteiger partial charge in [-0.1, -0.05) is 24.3 Å². The van der Waals surface area contributed by atoms with Crippen LogP contribution in [0.15, 0.2) is 36.4 Å². The van der Waals surface area contributed by atoms with E-state index in [1.165, 1.54) is 0 Å². The number of rotatable bonds is 4. The van der Waals surface area contributed by atoms with Crippen LogP contribution in [0.25, 0.3) is 10.8 Å². The molecule has 0 bridgehead atoms. The summed E-state index contributed by atoms with van der Waals surface area (Å²) in [5.41, 5.74) is 1.61. The first-order chi connectivity index (χ1) is 9.63. The largest absolute Gasteiger partial charge is 0.384 e. The van der Waals surface area contributed by atoms with Gasteiger partial charge >= 0.3 is 0 Å². The van der Waals surface area contributed by atoms with Crippen LogP contribution in [0, 0.1) is 11.3 Å². The van der Waals surface area contributed by atoms with E-state index in [0.717, 1.165) is 16.5 Å². The summed E-state index contributed by atoms with van der Waals surface area (Å²) in [5, 5.41) is 14.3. The molecular weight excluding hydrogens is 250 g/mol. The van der Waals surface area contributed by atoms with E-state index in [4.69, 9.17) is 5.26 Å². The van der Waals surface area contributed by atoms with E-state index in [0.29, 0.717) is 18.5 Å². The molecule has 0 saturated heterocycles. The smallest absolute Gasteiger partial charge is 0.223 e. The summed E-state index contributed by atoms with van der Waals surface area (Å²) in [6.45, 7) is 0.576. The van der Waals surface area contributed by atoms with E-state index in [1.807, 2.05) is 30.3 Å². The minimum absolute atomic E-state index is 0.0930. The molecule has 4 nitrogen and oxygen atoms in total. The Morgan fingerprint density at radius 1 is 1.20 bits per heavy atom. The van der Waals surface area contributed by atoms with Crippen LogP contribution in [0.4, 0.5) is 5.69 Å². The Morgan fingerprint density at radius 2 is 1.90 bits per heavy atom. The third-order valence-corrected chi connectivity index (χ3v) is 3.20. The SMILES string of the molecule is CN(C)C(=O)CCNc1ccc(C#N)c2ccccc12. The molecule has 102 valence electrons. The first-order valence-electron chi connectivity index (χ1n) is 6.49. The first kappa shape index (κ1) is 13.9. The zero-order valence-corrected chi connectivity index (χ0v) is 11.7. The van der Waals surface area contributed by atoms with Crippen molar-refractivity contribution >= 4 is 22.4 Å². The average molecular weight is 267 g/mol. The van der Waals surface area contributed by atoms with Crippen LogP contribution in [-0.2, 0) is 4.79 Å². The Kier molecular flexibility index (Phi) is 4.21. The van der Waals surface area contributed by atoms with Gasteiger partial charge in [0.25, 0.3) is 0 Å². The van der Waals surface area contributed by atoms with Crippen molar-refractivity contribution in [2.24, 2.45) is 0 Å². The molecule has 0 fully saturated rings. The predicted molar refractivity (Wildman–Crippen MR) is 80.5 cm³/mol. The maximum atomic E-state index is 11.5. The highest BCUT2D eigenvalue weighted by molar-refractivity contribution is 5.97. The number of hydrogen-bond donors (Lipinski definition) is 1. The second kappa shape index (κ2) is 6.07. The van der Waals surface area contributed by atoms with Crippen molar-refractivity contribution in [3.8, 4) is 6.07 Å². The fourth-order valence-electron chi connectivity index (χ4n) is 2.08. The Morgan fingerprint density at radius 3 is 2.55 bits per heavy atom. The van der Waals surface area contributed by atoms with E-state index in [1.54, 1.807) is 25.1 Å². The maximum absolute atomic E-state index is 11.5. The lowest BCUT2D eigenvalue weighted by atomic mass is 10.0. The summed E-state index contributed by atoms with van der Waals surface area (Å²) < 4.78 is 0. The quantitative estimate of drug-likeness (QED) is 0.926. The number of nitriles is 1. The molecule has 2 rings (SSSR count). The zero-order valence-electron chi connectivity index (χ0n) is 11.7. The normalized spacial score (nSPS) is 10.1. The highest BCUT2D eigenvalue weighted by Gasteiger charge is 2.06. The van der Waals surface area contributed by atoms with Gasteiger partial charge in [-0.2, -0.15) is 5.26 Å². The Bertz CT molecular complexity index is 671. The molecule has 0 spiro atoms. The van der Waals surface area contributed by atoms with Crippen molar-refractivity contribution in [2.75, 3.05) is 26.0 Å². The summed E-state index contributed by atoms with van der Waals surface area (Å²) in [4.78, 5) is 13.1. The maximum Gasteiger partial charge on any atom is 0.223 e. The van der Waals surface area contributed by atoms with Gasteiger partial charge in [-0.15, -0.1) is 0 Å². The molecule has 2 aromatic carbocycles. The molecule has 0 radical (unpaired) electrons. The summed E-state index contributed by atoms with van der Waals surface area (Å²) in [7, 11) is 3.50. The van der Waals surface area contributed by atoms with Crippen molar-refractivity contribution in [3.05, 3.63) is 42.0 Å². The van der Waals surface area contributed by atoms with E-state index < -0.39 is 0 Å². The van der Waals surface area contributed by atoms with Crippen LogP contribution in [0.2, 0.25) is 0 Å². The number of benzene rings is 2. The molecule has 2 aromatic rings. The third-order valence-electron chi connectivity index (χ3n) is 3.20. The monoisotopic (exact) mass is 267 g/mol. The van der Waals surface area contributed by atoms with Crippen molar-refractivity contribution in [2.45, 2.75) is 6.42 Å². The van der Waals surface area contributed by atoms with Gasteiger partial charge in [0, 0.05) is 43.5 Å². The van der Waals surface area contributed by atoms with Crippen LogP contribution in [-0.4, -0.2) is 31.4 Å². The van der Waals surface area contributed by atoms with E-state index >= 15 is 0 Å². The minimum Gasteiger partial charge on any atom is -0.384 e. The summed E-state index contributed by atoms with van der Waals surface area (Å²) in [5.74, 6) is 0.0930. The van der Waals surface area contributed by atoms with Crippen molar-refractivity contribution in [1.29, 1.82) is 5.26 Å². The van der Waals surface area contributed by atoms with Gasteiger partial charge in [-0.05, 0) is 12.1 Å². The number of carbonyl (C=O) groups is 1. The molecule has 20 heavy (non-hydrogen) atoms. The molecule has 0 aliphatic rings. The lowest BCUT2D eigenvalue weighted by molar-refractivity contribution is -0.128. The number of nitrogens with one attached hydrogen (secondary N) is 1. The number of fused-ring (bicyclic) bond motifs is 1. The Hall–Kier alpha value is -2.54. The van der Waals surface area contributed by atoms with E-state index in [-0.39, 0.29) is 5.91 Å². The molecule has 4 heteroatoms. The predicted octanol–water partition coefficient (Wildman–Crippen LogP) is 2.60. The number of carbonyl (C=O) groups excluding carboxylic acids is 1. The lowest BCUT2D eigenvalue weighted by Gasteiger charge is -2.13. The zero-order chi connectivity index (χ0) is 14.5. The van der Waals surface area contributed by atoms with Crippen LogP contribution in [0.5, 0.6) is 0 Å². The molecule has 0 aliphatic heterocycles. The second-order valence-electron chi connectivity index (χ2n) is 4.78. The molecule has 1 N–H and O–H groups in total. The van der Waals surface area contributed by atoms with Gasteiger partial charge in [0.1, 0.15) is 0 Å². The van der Waals surface area contributed by atoms with Gasteiger partial charge in [0.2, 0.25) is 5.91 Å². The van der Waals surface area contributed by atoms with Crippen LogP contribution < -0.4 is 5.32 Å². The van der Waals surface area contributed by atoms with Gasteiger partial charge in [-0.3, -0.25) is 4.79 Å². The highest BCUT2D eigenvalue weighted by atomic mass is 16.2. The van der Waals surface area contributed by atoms with Crippen LogP contribution >= 0.6 is 0 Å². The third kappa shape index (κ3) is 2.89. The molecular formula is C16H17N3O. The van der Waals surface area contributed by atoms with Crippen molar-refractivity contribution in [3.63, 3.8) is 0 Å². The molecule has 1 amide bonds. The number of amides is 1. The summed E-state index contributed by atoms with van der Waals surface area (Å²) in [6.07, 6.45) is 0.446. The average Bonchev–Trinajstić information content (AvgIpc) is 2.47. The van der Waals surface area contributed by atoms with Gasteiger partial charge in [-0.25, -0.2) is 0 Å². The van der Waals surface area contributed by atoms with Gasteiger partial charge in [0.15, 0.2) is 0 Å². The standard InChI is InChI=1S/C16H17N3O/c1-19(2)16(20)9-10-18-15-8-7-12(11-17)13-5-3-4-6-14(13)15/h3-8,18H,9-10H2,1-2H3. The van der Waals surface area contributed by atoms with Crippen LogP contribution in [0.3, 0.4) is 0 Å². The Labute approximate surface area is 118 Å². The van der Waals surface area contributed by atoms with Crippen molar-refractivity contribution < 1.29 is 4.79 Å². The van der Waals surface area contributed by atoms with Crippen molar-refractivity contribution in [1.82, 2.24) is 4.90 Å². The molecule has 0 aliphatic carbocycles. The number of nitrogens with zero attached hydrogens (tertiary/aromatic N) is 2. The Balaban J connectivity index is 2.20. The van der Waals surface area contributed by atoms with Gasteiger partial charge in [0.05, 0.1) is 11.6 Å². The fourth-order valence-corrected chi connectivity index (χ4v) is 2.08. The topological polar surface area (TPSA) is 56.1 Å². The molecule has 0 aromatic heterocycles. The number of anilines is 1. The van der Waals surface area contributed by atoms with Gasteiger partial charge < -0.3 is 10.2 Å². The first-order valence-corrected chi connectivity index (χ1v) is 6.49. The summed E-state index contributed by atoms with van der Waals surface area (Å²) in [6, 6.07) is 13.7. The minimum atomic E-state index is 0.0930. The molecule has 0 atom stereocenters. The number of hydrogen-bond acceptors (Lipinski definition) is 3. The highest BCUT2D eigenvalue weighted by Crippen LogP contribution is 2.26. The second-order valence-corrected chi connectivity index (χ2v) is 4.78. The van der Waals surface area contributed by atoms with Crippen LogP contribution in [0.1, 0.15) is 12.0 Å². The van der Waals surface area contributed by atoms with E-state index in [9.17, 15) is 4.79 Å². The lowest BCUT2D eigenvalue weighted by Crippen LogP contribution is -2.23. The fraction of sp³-hybridized carbons (Fsp3) is 0.250. The molecule has 0 heterocycles. The molecule has 0 saturated carbocycles. The molecule has 0 unspecified atom stereocenters. The summed E-state index contributed by atoms with van der Waals surface area (Å²) >= 11 is 0.